The molecule has 2 rings (SSSR count). The van der Waals surface area contributed by atoms with Crippen molar-refractivity contribution in [2.45, 2.75) is 12.8 Å². The normalized spacial score (nSPS) is 11.9. The Kier molecular flexibility index (Phi) is 3.46. The van der Waals surface area contributed by atoms with Gasteiger partial charge in [-0.2, -0.15) is 13.2 Å². The van der Waals surface area contributed by atoms with Gasteiger partial charge in [0.25, 0.3) is 0 Å². The zero-order valence-electron chi connectivity index (χ0n) is 9.12. The van der Waals surface area contributed by atoms with Crippen LogP contribution in [0.15, 0.2) is 18.3 Å². The zero-order chi connectivity index (χ0) is 14.2. The predicted octanol–water partition coefficient (Wildman–Crippen LogP) is 2.57. The maximum Gasteiger partial charge on any atom is 0.436 e. The van der Waals surface area contributed by atoms with E-state index in [2.05, 4.69) is 10.3 Å². The highest BCUT2D eigenvalue weighted by Crippen LogP contribution is 2.28. The minimum Gasteiger partial charge on any atom is -0.392 e. The molecular formula is C10H6ClF4N3O. The minimum absolute atomic E-state index is 0.0626. The average Bonchev–Trinajstić information content (AvgIpc) is 2.81. The van der Waals surface area contributed by atoms with Gasteiger partial charge in [-0.05, 0) is 6.07 Å². The second-order valence-corrected chi connectivity index (χ2v) is 4.01. The van der Waals surface area contributed by atoms with Crippen LogP contribution in [0.3, 0.4) is 0 Å². The fraction of sp³-hybridized carbons (Fsp3) is 0.200. The van der Waals surface area contributed by atoms with Gasteiger partial charge in [0.1, 0.15) is 5.82 Å². The Hall–Kier alpha value is -1.67. The second kappa shape index (κ2) is 4.78. The van der Waals surface area contributed by atoms with E-state index >= 15 is 0 Å². The summed E-state index contributed by atoms with van der Waals surface area (Å²) in [5, 5.41) is 15.1. The van der Waals surface area contributed by atoms with E-state index < -0.39 is 24.3 Å². The first-order valence-electron chi connectivity index (χ1n) is 4.91. The maximum atomic E-state index is 13.3. The van der Waals surface area contributed by atoms with Crippen LogP contribution in [0.5, 0.6) is 0 Å². The molecule has 0 atom stereocenters. The van der Waals surface area contributed by atoms with Crippen LogP contribution < -0.4 is 0 Å². The summed E-state index contributed by atoms with van der Waals surface area (Å²) >= 11 is 5.52. The number of benzene rings is 1. The van der Waals surface area contributed by atoms with Gasteiger partial charge in [0.2, 0.25) is 0 Å². The molecule has 0 aliphatic rings. The fourth-order valence-corrected chi connectivity index (χ4v) is 1.62. The Morgan fingerprint density at radius 1 is 1.32 bits per heavy atom. The molecule has 102 valence electrons. The van der Waals surface area contributed by atoms with Gasteiger partial charge in [0.15, 0.2) is 5.69 Å². The predicted molar refractivity (Wildman–Crippen MR) is 57.3 cm³/mol. The van der Waals surface area contributed by atoms with E-state index in [9.17, 15) is 17.6 Å². The molecule has 0 aliphatic carbocycles. The number of alkyl halides is 3. The number of aliphatic hydroxyl groups is 1. The standard InChI is InChI=1S/C10H6ClF4N3O/c11-6-1-5(4-19)8(2-7(6)12)18-3-9(16-17-18)10(13,14)15/h1-3,19H,4H2. The molecule has 1 N–H and O–H groups in total. The molecule has 0 amide bonds. The molecule has 1 aromatic carbocycles. The van der Waals surface area contributed by atoms with E-state index in [0.29, 0.717) is 6.20 Å². The molecule has 0 unspecified atom stereocenters. The van der Waals surface area contributed by atoms with Crippen molar-refractivity contribution in [3.63, 3.8) is 0 Å². The van der Waals surface area contributed by atoms with Gasteiger partial charge in [-0.1, -0.05) is 16.8 Å². The van der Waals surface area contributed by atoms with Gasteiger partial charge in [0, 0.05) is 11.6 Å². The monoisotopic (exact) mass is 295 g/mol. The number of aromatic nitrogens is 3. The van der Waals surface area contributed by atoms with Crippen molar-refractivity contribution in [3.05, 3.63) is 40.4 Å². The van der Waals surface area contributed by atoms with Gasteiger partial charge in [-0.3, -0.25) is 0 Å². The number of nitrogens with zero attached hydrogens (tertiary/aromatic N) is 3. The van der Waals surface area contributed by atoms with Crippen LogP contribution in [0, 0.1) is 5.82 Å². The highest BCUT2D eigenvalue weighted by Gasteiger charge is 2.34. The molecule has 1 aromatic heterocycles. The van der Waals surface area contributed by atoms with E-state index in [-0.39, 0.29) is 16.3 Å². The van der Waals surface area contributed by atoms with Gasteiger partial charge >= 0.3 is 6.18 Å². The third-order valence-corrected chi connectivity index (χ3v) is 2.61. The number of aliphatic hydroxyl groups excluding tert-OH is 1. The second-order valence-electron chi connectivity index (χ2n) is 3.60. The van der Waals surface area contributed by atoms with Crippen LogP contribution in [-0.2, 0) is 12.8 Å². The van der Waals surface area contributed by atoms with Crippen molar-refractivity contribution in [1.29, 1.82) is 0 Å². The number of hydrogen-bond acceptors (Lipinski definition) is 3. The van der Waals surface area contributed by atoms with E-state index in [0.717, 1.165) is 16.8 Å². The molecule has 19 heavy (non-hydrogen) atoms. The Morgan fingerprint density at radius 3 is 2.53 bits per heavy atom. The number of hydrogen-bond donors (Lipinski definition) is 1. The van der Waals surface area contributed by atoms with Gasteiger partial charge in [-0.15, -0.1) is 5.10 Å². The first-order chi connectivity index (χ1) is 8.82. The molecule has 9 heteroatoms. The summed E-state index contributed by atoms with van der Waals surface area (Å²) in [5.74, 6) is -0.835. The quantitative estimate of drug-likeness (QED) is 0.866. The summed E-state index contributed by atoms with van der Waals surface area (Å²) in [5.41, 5.74) is -1.15. The molecule has 0 bridgehead atoms. The van der Waals surface area contributed by atoms with Crippen LogP contribution in [0.1, 0.15) is 11.3 Å². The topological polar surface area (TPSA) is 50.9 Å². The van der Waals surface area contributed by atoms with Crippen molar-refractivity contribution < 1.29 is 22.7 Å². The van der Waals surface area contributed by atoms with Crippen LogP contribution in [-0.4, -0.2) is 20.1 Å². The first-order valence-corrected chi connectivity index (χ1v) is 5.29. The molecule has 4 nitrogen and oxygen atoms in total. The van der Waals surface area contributed by atoms with Gasteiger partial charge < -0.3 is 5.11 Å². The molecule has 0 fully saturated rings. The van der Waals surface area contributed by atoms with Crippen LogP contribution >= 0.6 is 11.6 Å². The molecule has 0 spiro atoms. The van der Waals surface area contributed by atoms with E-state index in [4.69, 9.17) is 16.7 Å². The number of halogens is 5. The summed E-state index contributed by atoms with van der Waals surface area (Å²) in [4.78, 5) is 0. The third kappa shape index (κ3) is 2.69. The van der Waals surface area contributed by atoms with Crippen LogP contribution in [0.4, 0.5) is 17.6 Å². The lowest BCUT2D eigenvalue weighted by Gasteiger charge is -2.08. The SMILES string of the molecule is OCc1cc(Cl)c(F)cc1-n1cc(C(F)(F)F)nn1. The van der Waals surface area contributed by atoms with Crippen molar-refractivity contribution in [3.8, 4) is 5.69 Å². The Balaban J connectivity index is 2.53. The smallest absolute Gasteiger partial charge is 0.392 e. The lowest BCUT2D eigenvalue weighted by atomic mass is 10.2. The van der Waals surface area contributed by atoms with Crippen molar-refractivity contribution >= 4 is 11.6 Å². The Labute approximate surface area is 109 Å². The molecule has 0 saturated carbocycles. The summed E-state index contributed by atoms with van der Waals surface area (Å²) in [6.07, 6.45) is -4.05. The molecule has 0 saturated heterocycles. The van der Waals surface area contributed by atoms with Crippen LogP contribution in [0.25, 0.3) is 5.69 Å². The summed E-state index contributed by atoms with van der Waals surface area (Å²) in [6.45, 7) is -0.531. The Morgan fingerprint density at radius 2 is 2.00 bits per heavy atom. The fourth-order valence-electron chi connectivity index (χ4n) is 1.43. The van der Waals surface area contributed by atoms with Crippen molar-refractivity contribution in [2.75, 3.05) is 0 Å². The van der Waals surface area contributed by atoms with Gasteiger partial charge in [-0.25, -0.2) is 9.07 Å². The summed E-state index contributed by atoms with van der Waals surface area (Å²) in [7, 11) is 0. The molecule has 1 heterocycles. The molecular weight excluding hydrogens is 290 g/mol. The van der Waals surface area contributed by atoms with Crippen molar-refractivity contribution in [1.82, 2.24) is 15.0 Å². The molecule has 0 radical (unpaired) electrons. The average molecular weight is 296 g/mol. The lowest BCUT2D eigenvalue weighted by molar-refractivity contribution is -0.141. The zero-order valence-corrected chi connectivity index (χ0v) is 9.87. The maximum absolute atomic E-state index is 13.3. The highest BCUT2D eigenvalue weighted by molar-refractivity contribution is 6.30. The Bertz CT molecular complexity index is 611. The van der Waals surface area contributed by atoms with Crippen LogP contribution in [0.2, 0.25) is 5.02 Å². The summed E-state index contributed by atoms with van der Waals surface area (Å²) in [6, 6.07) is 1.99. The van der Waals surface area contributed by atoms with Gasteiger partial charge in [0.05, 0.1) is 23.5 Å². The largest absolute Gasteiger partial charge is 0.436 e. The minimum atomic E-state index is -4.65. The molecule has 0 aliphatic heterocycles. The lowest BCUT2D eigenvalue weighted by Crippen LogP contribution is -2.05. The number of rotatable bonds is 2. The molecule has 2 aromatic rings. The summed E-state index contributed by atoms with van der Waals surface area (Å²) < 4.78 is 51.2. The first kappa shape index (κ1) is 13.8. The third-order valence-electron chi connectivity index (χ3n) is 2.32. The van der Waals surface area contributed by atoms with E-state index in [1.807, 2.05) is 0 Å². The van der Waals surface area contributed by atoms with E-state index in [1.54, 1.807) is 0 Å². The van der Waals surface area contributed by atoms with E-state index in [1.165, 1.54) is 0 Å². The van der Waals surface area contributed by atoms with Crippen molar-refractivity contribution in [2.24, 2.45) is 0 Å². The highest BCUT2D eigenvalue weighted by atomic mass is 35.5.